The van der Waals surface area contributed by atoms with Crippen LogP contribution in [0, 0.1) is 0 Å². The molecule has 6 heteroatoms. The molecule has 0 radical (unpaired) electrons. The van der Waals surface area contributed by atoms with Crippen molar-refractivity contribution >= 4 is 29.9 Å². The molecular weight excluding hydrogens is 287 g/mol. The zero-order chi connectivity index (χ0) is 12.8. The van der Waals surface area contributed by atoms with Gasteiger partial charge < -0.3 is 15.4 Å². The van der Waals surface area contributed by atoms with Crippen LogP contribution in [0.4, 0.5) is 0 Å². The summed E-state index contributed by atoms with van der Waals surface area (Å²) >= 11 is 5.93. The zero-order valence-corrected chi connectivity index (χ0v) is 12.1. The maximum Gasteiger partial charge on any atom is 0.258 e. The number of benzene rings is 1. The van der Waals surface area contributed by atoms with Crippen LogP contribution in [0.15, 0.2) is 24.3 Å². The number of carbonyl (C=O) groups excluding carboxylic acids is 1. The van der Waals surface area contributed by atoms with Crippen molar-refractivity contribution in [3.63, 3.8) is 0 Å². The molecule has 106 valence electrons. The third kappa shape index (κ3) is 5.27. The lowest BCUT2D eigenvalue weighted by atomic mass is 10.1. The fourth-order valence-corrected chi connectivity index (χ4v) is 2.14. The number of piperidine rings is 1. The van der Waals surface area contributed by atoms with E-state index in [9.17, 15) is 4.79 Å². The molecule has 0 spiro atoms. The van der Waals surface area contributed by atoms with E-state index in [1.54, 1.807) is 12.1 Å². The van der Waals surface area contributed by atoms with Crippen LogP contribution in [-0.4, -0.2) is 31.6 Å². The molecule has 1 aromatic carbocycles. The van der Waals surface area contributed by atoms with Gasteiger partial charge in [0, 0.05) is 12.6 Å². The Balaban J connectivity index is 0.00000180. The van der Waals surface area contributed by atoms with Gasteiger partial charge in [0.15, 0.2) is 6.61 Å². The van der Waals surface area contributed by atoms with E-state index < -0.39 is 0 Å². The summed E-state index contributed by atoms with van der Waals surface area (Å²) < 4.78 is 5.38. The second-order valence-corrected chi connectivity index (χ2v) is 4.74. The number of rotatable bonds is 4. The molecular formula is C13H18Cl2N2O2. The molecule has 0 unspecified atom stereocenters. The Morgan fingerprint density at radius 3 is 2.95 bits per heavy atom. The van der Waals surface area contributed by atoms with Crippen molar-refractivity contribution in [2.24, 2.45) is 0 Å². The third-order valence-corrected chi connectivity index (χ3v) is 3.17. The van der Waals surface area contributed by atoms with Crippen LogP contribution in [0.5, 0.6) is 5.75 Å². The third-order valence-electron chi connectivity index (χ3n) is 2.86. The van der Waals surface area contributed by atoms with Crippen molar-refractivity contribution in [1.82, 2.24) is 10.6 Å². The highest BCUT2D eigenvalue weighted by molar-refractivity contribution is 6.32. The lowest BCUT2D eigenvalue weighted by molar-refractivity contribution is -0.123. The second-order valence-electron chi connectivity index (χ2n) is 4.33. The predicted molar refractivity (Wildman–Crippen MR) is 78.2 cm³/mol. The smallest absolute Gasteiger partial charge is 0.258 e. The van der Waals surface area contributed by atoms with Crippen LogP contribution >= 0.6 is 24.0 Å². The summed E-state index contributed by atoms with van der Waals surface area (Å²) in [4.78, 5) is 11.7. The summed E-state index contributed by atoms with van der Waals surface area (Å²) in [7, 11) is 0. The number of carbonyl (C=O) groups is 1. The fourth-order valence-electron chi connectivity index (χ4n) is 1.95. The first-order valence-electron chi connectivity index (χ1n) is 6.13. The zero-order valence-electron chi connectivity index (χ0n) is 10.5. The van der Waals surface area contributed by atoms with E-state index in [0.29, 0.717) is 10.8 Å². The standard InChI is InChI=1S/C13H17ClN2O2.ClH/c14-11-5-1-2-6-12(11)18-9-13(17)16-10-4-3-7-15-8-10;/h1-2,5-6,10,15H,3-4,7-9H2,(H,16,17);1H/t10-;/m0./s1. The average molecular weight is 305 g/mol. The van der Waals surface area contributed by atoms with Gasteiger partial charge in [-0.2, -0.15) is 0 Å². The molecule has 4 nitrogen and oxygen atoms in total. The van der Waals surface area contributed by atoms with E-state index >= 15 is 0 Å². The molecule has 2 rings (SSSR count). The summed E-state index contributed by atoms with van der Waals surface area (Å²) in [6.45, 7) is 1.86. The monoisotopic (exact) mass is 304 g/mol. The number of ether oxygens (including phenoxy) is 1. The molecule has 1 aliphatic heterocycles. The number of hydrogen-bond donors (Lipinski definition) is 2. The maximum absolute atomic E-state index is 11.7. The first kappa shape index (κ1) is 16.1. The largest absolute Gasteiger partial charge is 0.482 e. The molecule has 0 saturated carbocycles. The molecule has 1 atom stereocenters. The lowest BCUT2D eigenvalue weighted by Crippen LogP contribution is -2.47. The van der Waals surface area contributed by atoms with Crippen molar-refractivity contribution in [3.8, 4) is 5.75 Å². The molecule has 1 amide bonds. The van der Waals surface area contributed by atoms with Crippen molar-refractivity contribution < 1.29 is 9.53 Å². The summed E-state index contributed by atoms with van der Waals surface area (Å²) in [6.07, 6.45) is 2.11. The second kappa shape index (κ2) is 8.25. The Kier molecular flexibility index (Phi) is 6.99. The van der Waals surface area contributed by atoms with Gasteiger partial charge in [0.2, 0.25) is 0 Å². The molecule has 0 bridgehead atoms. The van der Waals surface area contributed by atoms with Gasteiger partial charge in [-0.05, 0) is 31.5 Å². The first-order valence-corrected chi connectivity index (χ1v) is 6.51. The Labute approximate surface area is 124 Å². The Morgan fingerprint density at radius 2 is 2.26 bits per heavy atom. The van der Waals surface area contributed by atoms with Gasteiger partial charge in [-0.3, -0.25) is 4.79 Å². The molecule has 0 aromatic heterocycles. The van der Waals surface area contributed by atoms with E-state index in [0.717, 1.165) is 25.9 Å². The highest BCUT2D eigenvalue weighted by atomic mass is 35.5. The van der Waals surface area contributed by atoms with Crippen molar-refractivity contribution in [1.29, 1.82) is 0 Å². The van der Waals surface area contributed by atoms with Crippen LogP contribution in [0.1, 0.15) is 12.8 Å². The number of hydrogen-bond acceptors (Lipinski definition) is 3. The van der Waals surface area contributed by atoms with Crippen molar-refractivity contribution in [2.45, 2.75) is 18.9 Å². The molecule has 1 fully saturated rings. The van der Waals surface area contributed by atoms with Crippen LogP contribution in [0.3, 0.4) is 0 Å². The van der Waals surface area contributed by atoms with Gasteiger partial charge in [-0.1, -0.05) is 23.7 Å². The van der Waals surface area contributed by atoms with Gasteiger partial charge in [-0.25, -0.2) is 0 Å². The number of amides is 1. The SMILES string of the molecule is Cl.O=C(COc1ccccc1Cl)N[C@H]1CCCNC1. The van der Waals surface area contributed by atoms with Crippen LogP contribution in [0.25, 0.3) is 0 Å². The Morgan fingerprint density at radius 1 is 1.47 bits per heavy atom. The van der Waals surface area contributed by atoms with Gasteiger partial charge >= 0.3 is 0 Å². The average Bonchev–Trinajstić information content (AvgIpc) is 2.39. The van der Waals surface area contributed by atoms with Crippen molar-refractivity contribution in [2.75, 3.05) is 19.7 Å². The number of nitrogens with one attached hydrogen (secondary N) is 2. The van der Waals surface area contributed by atoms with E-state index in [2.05, 4.69) is 10.6 Å². The number of para-hydroxylation sites is 1. The first-order chi connectivity index (χ1) is 8.75. The molecule has 1 heterocycles. The minimum Gasteiger partial charge on any atom is -0.482 e. The van der Waals surface area contributed by atoms with E-state index in [1.807, 2.05) is 12.1 Å². The quantitative estimate of drug-likeness (QED) is 0.894. The fraction of sp³-hybridized carbons (Fsp3) is 0.462. The molecule has 1 saturated heterocycles. The van der Waals surface area contributed by atoms with Gasteiger partial charge in [0.05, 0.1) is 5.02 Å². The Bertz CT molecular complexity index is 409. The summed E-state index contributed by atoms with van der Waals surface area (Å²) in [6, 6.07) is 7.34. The highest BCUT2D eigenvalue weighted by Crippen LogP contribution is 2.22. The summed E-state index contributed by atoms with van der Waals surface area (Å²) in [5.41, 5.74) is 0. The molecule has 0 aliphatic carbocycles. The Hall–Kier alpha value is -0.970. The summed E-state index contributed by atoms with van der Waals surface area (Å²) in [5.74, 6) is 0.430. The molecule has 1 aliphatic rings. The molecule has 19 heavy (non-hydrogen) atoms. The van der Waals surface area contributed by atoms with Gasteiger partial charge in [-0.15, -0.1) is 12.4 Å². The van der Waals surface area contributed by atoms with E-state index in [1.165, 1.54) is 0 Å². The predicted octanol–water partition coefficient (Wildman–Crippen LogP) is 2.01. The summed E-state index contributed by atoms with van der Waals surface area (Å²) in [5, 5.41) is 6.70. The minimum absolute atomic E-state index is 0. The van der Waals surface area contributed by atoms with Gasteiger partial charge in [0.25, 0.3) is 5.91 Å². The van der Waals surface area contributed by atoms with Gasteiger partial charge in [0.1, 0.15) is 5.75 Å². The normalized spacial score (nSPS) is 18.3. The lowest BCUT2D eigenvalue weighted by Gasteiger charge is -2.23. The van der Waals surface area contributed by atoms with Crippen LogP contribution in [-0.2, 0) is 4.79 Å². The topological polar surface area (TPSA) is 50.4 Å². The molecule has 1 aromatic rings. The van der Waals surface area contributed by atoms with Crippen LogP contribution in [0.2, 0.25) is 5.02 Å². The highest BCUT2D eigenvalue weighted by Gasteiger charge is 2.15. The minimum atomic E-state index is -0.108. The molecule has 2 N–H and O–H groups in total. The number of halogens is 2. The van der Waals surface area contributed by atoms with E-state index in [-0.39, 0.29) is 31.0 Å². The van der Waals surface area contributed by atoms with Crippen LogP contribution < -0.4 is 15.4 Å². The van der Waals surface area contributed by atoms with E-state index in [4.69, 9.17) is 16.3 Å². The maximum atomic E-state index is 11.7. The van der Waals surface area contributed by atoms with Crippen molar-refractivity contribution in [3.05, 3.63) is 29.3 Å².